The molecule has 31 heavy (non-hydrogen) atoms. The molecule has 2 aliphatic heterocycles. The van der Waals surface area contributed by atoms with Crippen molar-refractivity contribution in [3.8, 4) is 0 Å². The van der Waals surface area contributed by atoms with Gasteiger partial charge in [0, 0.05) is 40.2 Å². The van der Waals surface area contributed by atoms with E-state index in [9.17, 15) is 27.9 Å². The molecule has 2 heterocycles. The number of carboxylic acids is 1. The van der Waals surface area contributed by atoms with Crippen LogP contribution in [0, 0.1) is 11.8 Å². The highest BCUT2D eigenvalue weighted by molar-refractivity contribution is 7.87. The standard InChI is InChI=1S/C19H35N5O6S/c1-23(2)31(29,30)22-16(19(27)28)12-21-18(26)15-4-3-11-24(13-15)17(25)6-5-14-7-9-20-10-8-14/h14-16,20,22H,3-13H2,1-2H3,(H,21,26)(H,27,28)/t15-,16+/m1/s1. The summed E-state index contributed by atoms with van der Waals surface area (Å²) >= 11 is 0. The van der Waals surface area contributed by atoms with Gasteiger partial charge in [0.15, 0.2) is 0 Å². The third-order valence-electron chi connectivity index (χ3n) is 5.92. The Hall–Kier alpha value is -1.76. The lowest BCUT2D eigenvalue weighted by atomic mass is 9.92. The first-order chi connectivity index (χ1) is 14.6. The molecule has 4 N–H and O–H groups in total. The first-order valence-electron chi connectivity index (χ1n) is 10.8. The summed E-state index contributed by atoms with van der Waals surface area (Å²) in [6.07, 6.45) is 4.81. The number of aliphatic carboxylic acids is 1. The number of hydrogen-bond donors (Lipinski definition) is 4. The third-order valence-corrected chi connectivity index (χ3v) is 7.46. The van der Waals surface area contributed by atoms with E-state index < -0.39 is 28.1 Å². The van der Waals surface area contributed by atoms with Gasteiger partial charge in [0.25, 0.3) is 10.2 Å². The van der Waals surface area contributed by atoms with Crippen LogP contribution in [0.4, 0.5) is 0 Å². The fourth-order valence-electron chi connectivity index (χ4n) is 3.89. The summed E-state index contributed by atoms with van der Waals surface area (Å²) in [6, 6.07) is -1.48. The molecule has 0 aromatic heterocycles. The molecule has 2 saturated heterocycles. The van der Waals surface area contributed by atoms with Crippen LogP contribution in [-0.4, -0.2) is 93.4 Å². The van der Waals surface area contributed by atoms with Crippen LogP contribution >= 0.6 is 0 Å². The van der Waals surface area contributed by atoms with Crippen LogP contribution in [0.15, 0.2) is 0 Å². The number of piperidine rings is 2. The molecule has 2 amide bonds. The molecule has 0 aromatic carbocycles. The number of nitrogens with zero attached hydrogens (tertiary/aromatic N) is 2. The van der Waals surface area contributed by atoms with Gasteiger partial charge in [-0.25, -0.2) is 0 Å². The van der Waals surface area contributed by atoms with Gasteiger partial charge in [0.05, 0.1) is 5.92 Å². The van der Waals surface area contributed by atoms with Crippen molar-refractivity contribution in [2.75, 3.05) is 46.8 Å². The zero-order valence-electron chi connectivity index (χ0n) is 18.3. The molecule has 2 atom stereocenters. The number of nitrogens with one attached hydrogen (secondary N) is 3. The van der Waals surface area contributed by atoms with E-state index >= 15 is 0 Å². The van der Waals surface area contributed by atoms with E-state index in [0.29, 0.717) is 38.3 Å². The van der Waals surface area contributed by atoms with Crippen LogP contribution < -0.4 is 15.4 Å². The second kappa shape index (κ2) is 11.7. The molecule has 0 radical (unpaired) electrons. The molecule has 12 heteroatoms. The lowest BCUT2D eigenvalue weighted by Gasteiger charge is -2.33. The van der Waals surface area contributed by atoms with Crippen LogP contribution in [-0.2, 0) is 24.6 Å². The fraction of sp³-hybridized carbons (Fsp3) is 0.842. The molecule has 0 bridgehead atoms. The number of hydrogen-bond acceptors (Lipinski definition) is 6. The summed E-state index contributed by atoms with van der Waals surface area (Å²) < 4.78 is 26.7. The highest BCUT2D eigenvalue weighted by atomic mass is 32.2. The molecule has 178 valence electrons. The maximum Gasteiger partial charge on any atom is 0.323 e. The number of carboxylic acid groups (broad SMARTS) is 1. The van der Waals surface area contributed by atoms with Crippen molar-refractivity contribution in [3.05, 3.63) is 0 Å². The van der Waals surface area contributed by atoms with Gasteiger partial charge in [-0.2, -0.15) is 17.4 Å². The van der Waals surface area contributed by atoms with Crippen molar-refractivity contribution in [1.82, 2.24) is 24.6 Å². The van der Waals surface area contributed by atoms with Gasteiger partial charge in [-0.05, 0) is 51.1 Å². The third kappa shape index (κ3) is 8.02. The van der Waals surface area contributed by atoms with Crippen LogP contribution in [0.1, 0.15) is 38.5 Å². The Kier molecular flexibility index (Phi) is 9.66. The largest absolute Gasteiger partial charge is 0.480 e. The minimum Gasteiger partial charge on any atom is -0.480 e. The van der Waals surface area contributed by atoms with Gasteiger partial charge >= 0.3 is 5.97 Å². The van der Waals surface area contributed by atoms with Crippen molar-refractivity contribution < 1.29 is 27.9 Å². The number of carbonyl (C=O) groups is 3. The van der Waals surface area contributed by atoms with E-state index in [4.69, 9.17) is 0 Å². The summed E-state index contributed by atoms with van der Waals surface area (Å²) in [5, 5.41) is 15.1. The quantitative estimate of drug-likeness (QED) is 0.325. The molecule has 0 unspecified atom stereocenters. The highest BCUT2D eigenvalue weighted by Gasteiger charge is 2.31. The average molecular weight is 462 g/mol. The Balaban J connectivity index is 1.82. The summed E-state index contributed by atoms with van der Waals surface area (Å²) in [5.74, 6) is -1.57. The monoisotopic (exact) mass is 461 g/mol. The van der Waals surface area contributed by atoms with Crippen LogP contribution in [0.5, 0.6) is 0 Å². The summed E-state index contributed by atoms with van der Waals surface area (Å²) in [5.41, 5.74) is 0. The van der Waals surface area contributed by atoms with E-state index in [1.54, 1.807) is 4.90 Å². The van der Waals surface area contributed by atoms with Gasteiger partial charge in [-0.15, -0.1) is 0 Å². The van der Waals surface area contributed by atoms with Crippen LogP contribution in [0.3, 0.4) is 0 Å². The molecular formula is C19H35N5O6S. The topological polar surface area (TPSA) is 148 Å². The first kappa shape index (κ1) is 25.5. The molecule has 11 nitrogen and oxygen atoms in total. The summed E-state index contributed by atoms with van der Waals surface area (Å²) in [6.45, 7) is 2.54. The maximum absolute atomic E-state index is 12.6. The van der Waals surface area contributed by atoms with E-state index in [1.807, 2.05) is 4.72 Å². The molecular weight excluding hydrogens is 426 g/mol. The second-order valence-corrected chi connectivity index (χ2v) is 10.4. The number of likely N-dealkylation sites (tertiary alicyclic amines) is 1. The van der Waals surface area contributed by atoms with E-state index in [-0.39, 0.29) is 18.4 Å². The first-order valence-corrected chi connectivity index (χ1v) is 12.2. The van der Waals surface area contributed by atoms with Crippen molar-refractivity contribution in [2.24, 2.45) is 11.8 Å². The van der Waals surface area contributed by atoms with Crippen molar-refractivity contribution >= 4 is 28.0 Å². The van der Waals surface area contributed by atoms with Crippen molar-refractivity contribution in [1.29, 1.82) is 0 Å². The molecule has 2 aliphatic rings. The van der Waals surface area contributed by atoms with Gasteiger partial charge in [0.1, 0.15) is 6.04 Å². The summed E-state index contributed by atoms with van der Waals surface area (Å²) in [7, 11) is -1.40. The molecule has 2 rings (SSSR count). The van der Waals surface area contributed by atoms with E-state index in [1.165, 1.54) is 14.1 Å². The molecule has 0 saturated carbocycles. The van der Waals surface area contributed by atoms with Crippen molar-refractivity contribution in [3.63, 3.8) is 0 Å². The smallest absolute Gasteiger partial charge is 0.323 e. The Morgan fingerprint density at radius 2 is 1.87 bits per heavy atom. The van der Waals surface area contributed by atoms with E-state index in [0.717, 1.165) is 36.7 Å². The zero-order chi connectivity index (χ0) is 23.0. The SMILES string of the molecule is CN(C)S(=O)(=O)N[C@@H](CNC(=O)[C@@H]1CCCN(C(=O)CCC2CCNCC2)C1)C(=O)O. The molecule has 0 spiro atoms. The van der Waals surface area contributed by atoms with Gasteiger partial charge in [0.2, 0.25) is 11.8 Å². The Morgan fingerprint density at radius 3 is 2.48 bits per heavy atom. The normalized spacial score (nSPS) is 21.6. The molecule has 0 aromatic rings. The summed E-state index contributed by atoms with van der Waals surface area (Å²) in [4.78, 5) is 38.3. The lowest BCUT2D eigenvalue weighted by molar-refractivity contribution is -0.139. The van der Waals surface area contributed by atoms with Crippen LogP contribution in [0.25, 0.3) is 0 Å². The predicted octanol–water partition coefficient (Wildman–Crippen LogP) is -1.03. The number of rotatable bonds is 10. The maximum atomic E-state index is 12.6. The average Bonchev–Trinajstić information content (AvgIpc) is 2.75. The fourth-order valence-corrected chi connectivity index (χ4v) is 4.64. The highest BCUT2D eigenvalue weighted by Crippen LogP contribution is 2.21. The van der Waals surface area contributed by atoms with Crippen LogP contribution in [0.2, 0.25) is 0 Å². The lowest BCUT2D eigenvalue weighted by Crippen LogP contribution is -2.53. The second-order valence-electron chi connectivity index (χ2n) is 8.45. The zero-order valence-corrected chi connectivity index (χ0v) is 19.1. The Labute approximate surface area is 184 Å². The van der Waals surface area contributed by atoms with Crippen molar-refractivity contribution in [2.45, 2.75) is 44.6 Å². The van der Waals surface area contributed by atoms with Gasteiger partial charge < -0.3 is 20.6 Å². The number of carbonyl (C=O) groups excluding carboxylic acids is 2. The number of amides is 2. The minimum absolute atomic E-state index is 0.0539. The Morgan fingerprint density at radius 1 is 1.19 bits per heavy atom. The molecule has 2 fully saturated rings. The Bertz CT molecular complexity index is 738. The predicted molar refractivity (Wildman–Crippen MR) is 114 cm³/mol. The molecule has 0 aliphatic carbocycles. The minimum atomic E-state index is -3.96. The van der Waals surface area contributed by atoms with Gasteiger partial charge in [-0.3, -0.25) is 14.4 Å². The van der Waals surface area contributed by atoms with Gasteiger partial charge in [-0.1, -0.05) is 0 Å². The van der Waals surface area contributed by atoms with E-state index in [2.05, 4.69) is 10.6 Å².